The van der Waals surface area contributed by atoms with Crippen LogP contribution >= 0.6 is 27.7 Å². The van der Waals surface area contributed by atoms with E-state index in [1.54, 1.807) is 15.7 Å². The van der Waals surface area contributed by atoms with Gasteiger partial charge in [-0.25, -0.2) is 4.90 Å². The molecule has 0 spiro atoms. The molecule has 1 aliphatic rings. The fraction of sp³-hybridized carbons (Fsp3) is 0.308. The summed E-state index contributed by atoms with van der Waals surface area (Å²) in [4.78, 5) is 31.5. The highest BCUT2D eigenvalue weighted by molar-refractivity contribution is 9.10. The number of nitrogens with zero attached hydrogens (tertiary/aromatic N) is 3. The number of hydrogen-bond donors (Lipinski definition) is 1. The molecule has 1 amide bonds. The summed E-state index contributed by atoms with van der Waals surface area (Å²) in [6.45, 7) is 8.30. The Kier molecular flexibility index (Phi) is 8.15. The fourth-order valence-corrected chi connectivity index (χ4v) is 5.19. The molecule has 4 rings (SSSR count). The molecule has 2 heterocycles. The van der Waals surface area contributed by atoms with Crippen LogP contribution in [0.3, 0.4) is 0 Å². The predicted octanol–water partition coefficient (Wildman–Crippen LogP) is 4.87. The lowest BCUT2D eigenvalue weighted by Crippen LogP contribution is -2.60. The summed E-state index contributed by atoms with van der Waals surface area (Å²) in [6, 6.07) is 11.1. The Hall–Kier alpha value is -3.11. The van der Waals surface area contributed by atoms with Gasteiger partial charge in [0, 0.05) is 11.5 Å². The van der Waals surface area contributed by atoms with Crippen molar-refractivity contribution >= 4 is 39.3 Å². The molecule has 1 atom stereocenters. The van der Waals surface area contributed by atoms with E-state index in [-0.39, 0.29) is 11.5 Å². The monoisotopic (exact) mass is 571 g/mol. The van der Waals surface area contributed by atoms with E-state index in [1.807, 2.05) is 56.5 Å². The van der Waals surface area contributed by atoms with Crippen molar-refractivity contribution in [3.05, 3.63) is 69.4 Å². The van der Waals surface area contributed by atoms with Crippen LogP contribution in [0.25, 0.3) is 11.3 Å². The Morgan fingerprint density at radius 1 is 1.31 bits per heavy atom. The molecule has 1 aromatic heterocycles. The molecule has 0 unspecified atom stereocenters. The Bertz CT molecular complexity index is 1360. The van der Waals surface area contributed by atoms with Gasteiger partial charge in [0.25, 0.3) is 6.17 Å². The van der Waals surface area contributed by atoms with E-state index < -0.39 is 6.17 Å². The number of fused-ring (bicyclic) bond motifs is 3. The minimum absolute atomic E-state index is 0.0676. The molecule has 8 nitrogen and oxygen atoms in total. The largest absolute Gasteiger partial charge is 0.490 e. The molecule has 1 N–H and O–H groups in total. The molecule has 3 aromatic rings. The van der Waals surface area contributed by atoms with E-state index in [9.17, 15) is 9.59 Å². The Balaban J connectivity index is 2.03. The van der Waals surface area contributed by atoms with E-state index in [4.69, 9.17) is 14.6 Å². The summed E-state index contributed by atoms with van der Waals surface area (Å²) in [5.74, 6) is 0.988. The number of para-hydroxylation sites is 1. The van der Waals surface area contributed by atoms with Crippen molar-refractivity contribution in [2.24, 2.45) is 0 Å². The zero-order valence-electron chi connectivity index (χ0n) is 20.4. The second kappa shape index (κ2) is 11.3. The molecule has 0 fully saturated rings. The number of hydrogen-bond acceptors (Lipinski definition) is 6. The van der Waals surface area contributed by atoms with Gasteiger partial charge in [0.1, 0.15) is 6.61 Å². The SMILES string of the molecule is C=CCOc1c(Br)cc([C@@H]2N(C(=O)CCC)c3ccccc3-c3c(=O)[nH]c(SC)n[n+]32)cc1OCC. The van der Waals surface area contributed by atoms with Crippen molar-refractivity contribution in [2.45, 2.75) is 38.0 Å². The first-order valence-electron chi connectivity index (χ1n) is 11.7. The second-order valence-corrected chi connectivity index (χ2v) is 9.67. The minimum Gasteiger partial charge on any atom is -0.490 e. The molecule has 2 aromatic carbocycles. The number of ether oxygens (including phenoxy) is 2. The van der Waals surface area contributed by atoms with Gasteiger partial charge in [0.15, 0.2) is 11.5 Å². The fourth-order valence-electron chi connectivity index (χ4n) is 4.25. The number of carbonyl (C=O) groups excluding carboxylic acids is 1. The van der Waals surface area contributed by atoms with Gasteiger partial charge in [0.05, 0.1) is 27.9 Å². The topological polar surface area (TPSA) is 88.4 Å². The number of thioether (sulfide) groups is 1. The normalized spacial score (nSPS) is 14.1. The van der Waals surface area contributed by atoms with Gasteiger partial charge in [-0.05, 0) is 64.5 Å². The Morgan fingerprint density at radius 2 is 2.08 bits per heavy atom. The number of rotatable bonds is 9. The van der Waals surface area contributed by atoms with E-state index in [0.29, 0.717) is 69.7 Å². The van der Waals surface area contributed by atoms with Crippen LogP contribution in [-0.2, 0) is 4.79 Å². The highest BCUT2D eigenvalue weighted by Gasteiger charge is 2.46. The zero-order valence-corrected chi connectivity index (χ0v) is 22.8. The van der Waals surface area contributed by atoms with Gasteiger partial charge in [-0.2, -0.15) is 0 Å². The lowest BCUT2D eigenvalue weighted by Gasteiger charge is -2.32. The molecule has 0 saturated heterocycles. The van der Waals surface area contributed by atoms with Gasteiger partial charge in [0.2, 0.25) is 11.1 Å². The number of H-pyrrole nitrogens is 1. The number of anilines is 1. The highest BCUT2D eigenvalue weighted by Crippen LogP contribution is 2.42. The van der Waals surface area contributed by atoms with Crippen LogP contribution in [0.2, 0.25) is 0 Å². The summed E-state index contributed by atoms with van der Waals surface area (Å²) >= 11 is 4.95. The van der Waals surface area contributed by atoms with E-state index >= 15 is 0 Å². The molecular weight excluding hydrogens is 544 g/mol. The lowest BCUT2D eigenvalue weighted by molar-refractivity contribution is -0.763. The lowest BCUT2D eigenvalue weighted by atomic mass is 10.0. The maximum atomic E-state index is 13.6. The van der Waals surface area contributed by atoms with Crippen molar-refractivity contribution in [1.29, 1.82) is 0 Å². The van der Waals surface area contributed by atoms with Crippen LogP contribution < -0.4 is 24.6 Å². The van der Waals surface area contributed by atoms with Crippen molar-refractivity contribution in [2.75, 3.05) is 24.4 Å². The molecule has 188 valence electrons. The number of carbonyl (C=O) groups is 1. The van der Waals surface area contributed by atoms with Gasteiger partial charge in [-0.1, -0.05) is 43.5 Å². The summed E-state index contributed by atoms with van der Waals surface area (Å²) in [7, 11) is 0. The van der Waals surface area contributed by atoms with E-state index in [0.717, 1.165) is 0 Å². The maximum Gasteiger partial charge on any atom is 0.325 e. The van der Waals surface area contributed by atoms with Crippen molar-refractivity contribution in [1.82, 2.24) is 10.1 Å². The minimum atomic E-state index is -0.717. The van der Waals surface area contributed by atoms with Crippen LogP contribution in [0.4, 0.5) is 5.69 Å². The van der Waals surface area contributed by atoms with E-state index in [1.165, 1.54) is 11.8 Å². The number of benzene rings is 2. The van der Waals surface area contributed by atoms with Crippen molar-refractivity contribution in [3.8, 4) is 22.8 Å². The smallest absolute Gasteiger partial charge is 0.325 e. The number of nitrogens with one attached hydrogen (secondary N) is 1. The third kappa shape index (κ3) is 4.79. The zero-order chi connectivity index (χ0) is 25.8. The van der Waals surface area contributed by atoms with Gasteiger partial charge >= 0.3 is 11.3 Å². The van der Waals surface area contributed by atoms with Crippen LogP contribution in [0, 0.1) is 0 Å². The van der Waals surface area contributed by atoms with Crippen molar-refractivity contribution in [3.63, 3.8) is 0 Å². The van der Waals surface area contributed by atoms with Crippen LogP contribution in [0.5, 0.6) is 11.5 Å². The van der Waals surface area contributed by atoms with Gasteiger partial charge in [-0.3, -0.25) is 14.6 Å². The summed E-state index contributed by atoms with van der Waals surface area (Å²) in [5, 5.41) is 5.20. The predicted molar refractivity (Wildman–Crippen MR) is 144 cm³/mol. The molecule has 36 heavy (non-hydrogen) atoms. The van der Waals surface area contributed by atoms with E-state index in [2.05, 4.69) is 27.5 Å². The molecule has 10 heteroatoms. The third-order valence-electron chi connectivity index (χ3n) is 5.66. The third-order valence-corrected chi connectivity index (χ3v) is 6.82. The number of aromatic nitrogens is 3. The molecule has 0 bridgehead atoms. The Labute approximate surface area is 222 Å². The average Bonchev–Trinajstić information content (AvgIpc) is 2.87. The first-order chi connectivity index (χ1) is 17.4. The molecule has 1 aliphatic heterocycles. The number of halogens is 1. The van der Waals surface area contributed by atoms with Crippen LogP contribution in [0.1, 0.15) is 38.4 Å². The number of amides is 1. The maximum absolute atomic E-state index is 13.6. The molecule has 0 saturated carbocycles. The Morgan fingerprint density at radius 3 is 2.78 bits per heavy atom. The standard InChI is InChI=1S/C26H27BrN4O4S/c1-5-10-21(32)30-19-12-9-8-11-17(19)22-24(33)28-26(36-4)29-31(22)25(30)16-14-18(27)23(35-13-6-2)20(15-16)34-7-3/h6,8-9,11-12,14-15,25H,2,5,7,10,13H2,1,3-4H3/p+1/t25-/m1/s1. The highest BCUT2D eigenvalue weighted by atomic mass is 79.9. The van der Waals surface area contributed by atoms with Gasteiger partial charge in [-0.15, -0.1) is 0 Å². The quantitative estimate of drug-likeness (QED) is 0.224. The molecule has 0 aliphatic carbocycles. The van der Waals surface area contributed by atoms with Gasteiger partial charge < -0.3 is 9.47 Å². The molecular formula is C26H28BrN4O4S+. The first-order valence-corrected chi connectivity index (χ1v) is 13.7. The summed E-state index contributed by atoms with van der Waals surface area (Å²) < 4.78 is 14.1. The summed E-state index contributed by atoms with van der Waals surface area (Å²) in [5.41, 5.74) is 2.13. The van der Waals surface area contributed by atoms with Crippen LogP contribution in [-0.4, -0.2) is 35.5 Å². The summed E-state index contributed by atoms with van der Waals surface area (Å²) in [6.07, 6.45) is 3.81. The average molecular weight is 573 g/mol. The molecule has 0 radical (unpaired) electrons. The second-order valence-electron chi connectivity index (χ2n) is 8.02. The van der Waals surface area contributed by atoms with Crippen molar-refractivity contribution < 1.29 is 19.0 Å². The van der Waals surface area contributed by atoms with Crippen LogP contribution in [0.15, 0.2) is 63.5 Å². The number of aromatic amines is 1. The first kappa shape index (κ1) is 26.0.